The molecule has 13 heteroatoms. The van der Waals surface area contributed by atoms with Crippen molar-refractivity contribution >= 4 is 28.4 Å². The molecule has 2 rings (SSSR count). The molecule has 1 aliphatic rings. The number of hydrogen-bond donors (Lipinski definition) is 1. The van der Waals surface area contributed by atoms with Crippen molar-refractivity contribution in [2.45, 2.75) is 31.0 Å². The fourth-order valence-electron chi connectivity index (χ4n) is 2.76. The highest BCUT2D eigenvalue weighted by Crippen LogP contribution is 2.32. The van der Waals surface area contributed by atoms with Gasteiger partial charge in [-0.05, 0) is 26.3 Å². The normalized spacial score (nSPS) is 21.3. The standard InChI is InChI=1S/C18H22F3N3O5S2/c1-4-6-27-12-8-14(24-9-11(18(19,20)21)15(25)22-16(24)26)29-13(12)10-28-17(30)31-7-5-23(2)3/h1,9,12-14H,5-8,10H2,2-3H3,(H,22,25,26)/t12-,13+,14+/m0/s1. The van der Waals surface area contributed by atoms with Gasteiger partial charge < -0.3 is 19.1 Å². The van der Waals surface area contributed by atoms with E-state index in [-0.39, 0.29) is 24.0 Å². The summed E-state index contributed by atoms with van der Waals surface area (Å²) in [4.78, 5) is 27.3. The van der Waals surface area contributed by atoms with Crippen molar-refractivity contribution in [3.63, 3.8) is 0 Å². The monoisotopic (exact) mass is 481 g/mol. The summed E-state index contributed by atoms with van der Waals surface area (Å²) in [6.07, 6.45) is -1.75. The molecule has 1 aliphatic heterocycles. The summed E-state index contributed by atoms with van der Waals surface area (Å²) >= 11 is 6.49. The van der Waals surface area contributed by atoms with Crippen LogP contribution in [0.4, 0.5) is 13.2 Å². The van der Waals surface area contributed by atoms with Gasteiger partial charge in [0.1, 0.15) is 31.1 Å². The average molecular weight is 482 g/mol. The second kappa shape index (κ2) is 11.1. The van der Waals surface area contributed by atoms with Crippen LogP contribution in [0, 0.1) is 12.3 Å². The summed E-state index contributed by atoms with van der Waals surface area (Å²) in [6.45, 7) is 0.693. The number of thioether (sulfide) groups is 1. The molecule has 1 aromatic rings. The van der Waals surface area contributed by atoms with E-state index in [4.69, 9.17) is 32.9 Å². The van der Waals surface area contributed by atoms with Gasteiger partial charge in [0.15, 0.2) is 0 Å². The number of nitrogens with zero attached hydrogens (tertiary/aromatic N) is 2. The van der Waals surface area contributed by atoms with Crippen LogP contribution in [-0.4, -0.2) is 70.6 Å². The van der Waals surface area contributed by atoms with E-state index < -0.39 is 41.4 Å². The first-order valence-corrected chi connectivity index (χ1v) is 10.5. The number of aromatic nitrogens is 2. The largest absolute Gasteiger partial charge is 0.476 e. The molecule has 8 nitrogen and oxygen atoms in total. The summed E-state index contributed by atoms with van der Waals surface area (Å²) in [7, 11) is 3.85. The maximum atomic E-state index is 13.1. The molecular weight excluding hydrogens is 459 g/mol. The number of terminal acetylenes is 1. The Morgan fingerprint density at radius 2 is 2.19 bits per heavy atom. The van der Waals surface area contributed by atoms with Crippen molar-refractivity contribution in [1.29, 1.82) is 0 Å². The number of thiocarbonyl (C=S) groups is 1. The average Bonchev–Trinajstić information content (AvgIpc) is 3.06. The smallest absolute Gasteiger partial charge is 0.423 e. The number of nitrogens with one attached hydrogen (secondary N) is 1. The summed E-state index contributed by atoms with van der Waals surface area (Å²) in [5.41, 5.74) is -4.06. The van der Waals surface area contributed by atoms with Crippen molar-refractivity contribution in [3.05, 3.63) is 32.6 Å². The van der Waals surface area contributed by atoms with Gasteiger partial charge in [0.25, 0.3) is 5.56 Å². The van der Waals surface area contributed by atoms with E-state index in [1.807, 2.05) is 19.0 Å². The molecule has 0 aliphatic carbocycles. The van der Waals surface area contributed by atoms with Gasteiger partial charge in [-0.15, -0.1) is 6.42 Å². The lowest BCUT2D eigenvalue weighted by molar-refractivity contribution is -0.139. The van der Waals surface area contributed by atoms with Gasteiger partial charge in [0.05, 0.1) is 6.10 Å². The summed E-state index contributed by atoms with van der Waals surface area (Å²) < 4.78 is 56.9. The zero-order valence-corrected chi connectivity index (χ0v) is 18.4. The quantitative estimate of drug-likeness (QED) is 0.441. The Morgan fingerprint density at radius 3 is 2.81 bits per heavy atom. The maximum Gasteiger partial charge on any atom is 0.423 e. The molecule has 172 valence electrons. The fraction of sp³-hybridized carbons (Fsp3) is 0.611. The van der Waals surface area contributed by atoms with E-state index in [1.165, 1.54) is 11.8 Å². The van der Waals surface area contributed by atoms with Gasteiger partial charge in [-0.2, -0.15) is 13.2 Å². The molecule has 3 atom stereocenters. The Labute approximate surface area is 186 Å². The second-order valence-electron chi connectivity index (χ2n) is 6.84. The highest BCUT2D eigenvalue weighted by Gasteiger charge is 2.40. The molecule has 0 spiro atoms. The predicted octanol–water partition coefficient (Wildman–Crippen LogP) is 1.46. The van der Waals surface area contributed by atoms with E-state index in [9.17, 15) is 22.8 Å². The van der Waals surface area contributed by atoms with Crippen LogP contribution in [0.2, 0.25) is 0 Å². The minimum atomic E-state index is -4.93. The third-order valence-electron chi connectivity index (χ3n) is 4.27. The topological polar surface area (TPSA) is 85.8 Å². The Morgan fingerprint density at radius 1 is 1.48 bits per heavy atom. The first kappa shape index (κ1) is 25.4. The van der Waals surface area contributed by atoms with Crippen molar-refractivity contribution in [2.24, 2.45) is 0 Å². The predicted molar refractivity (Wildman–Crippen MR) is 113 cm³/mol. The Kier molecular flexibility index (Phi) is 9.14. The van der Waals surface area contributed by atoms with Crippen molar-refractivity contribution in [1.82, 2.24) is 14.5 Å². The van der Waals surface area contributed by atoms with Crippen LogP contribution in [0.3, 0.4) is 0 Å². The third kappa shape index (κ3) is 7.36. The third-order valence-corrected chi connectivity index (χ3v) is 5.48. The molecule has 0 aromatic carbocycles. The van der Waals surface area contributed by atoms with E-state index >= 15 is 0 Å². The van der Waals surface area contributed by atoms with Crippen LogP contribution in [0.5, 0.6) is 0 Å². The first-order valence-electron chi connectivity index (χ1n) is 9.10. The number of hydrogen-bond acceptors (Lipinski definition) is 8. The SMILES string of the molecule is C#CCO[C@H]1C[C@H](n2cc(C(F)(F)F)c(=O)[nH]c2=O)O[C@@H]1COC(=S)SCCN(C)C. The number of halogens is 3. The lowest BCUT2D eigenvalue weighted by atomic mass is 10.2. The number of alkyl halides is 3. The van der Waals surface area contributed by atoms with Crippen LogP contribution < -0.4 is 11.2 Å². The summed E-state index contributed by atoms with van der Waals surface area (Å²) in [5, 5.41) is 0. The number of H-pyrrole nitrogens is 1. The number of aromatic amines is 1. The van der Waals surface area contributed by atoms with Gasteiger partial charge in [0, 0.05) is 24.9 Å². The Hall–Kier alpha value is -1.85. The number of rotatable bonds is 8. The highest BCUT2D eigenvalue weighted by atomic mass is 32.2. The van der Waals surface area contributed by atoms with Crippen molar-refractivity contribution in [3.8, 4) is 12.3 Å². The van der Waals surface area contributed by atoms with Crippen LogP contribution in [-0.2, 0) is 20.4 Å². The molecule has 31 heavy (non-hydrogen) atoms. The van der Waals surface area contributed by atoms with Crippen molar-refractivity contribution in [2.75, 3.05) is 39.6 Å². The molecule has 0 radical (unpaired) electrons. The second-order valence-corrected chi connectivity index (χ2v) is 8.54. The lowest BCUT2D eigenvalue weighted by Crippen LogP contribution is -2.36. The minimum Gasteiger partial charge on any atom is -0.476 e. The molecule has 0 saturated carbocycles. The van der Waals surface area contributed by atoms with E-state index in [0.29, 0.717) is 16.5 Å². The molecule has 0 unspecified atom stereocenters. The van der Waals surface area contributed by atoms with E-state index in [2.05, 4.69) is 5.92 Å². The van der Waals surface area contributed by atoms with Crippen LogP contribution >= 0.6 is 24.0 Å². The molecule has 1 aromatic heterocycles. The molecule has 0 bridgehead atoms. The first-order chi connectivity index (χ1) is 14.5. The number of ether oxygens (including phenoxy) is 3. The maximum absolute atomic E-state index is 13.1. The van der Waals surface area contributed by atoms with Gasteiger partial charge in [-0.25, -0.2) is 4.79 Å². The fourth-order valence-corrected chi connectivity index (χ4v) is 3.85. The highest BCUT2D eigenvalue weighted by molar-refractivity contribution is 8.22. The van der Waals surface area contributed by atoms with Crippen LogP contribution in [0.15, 0.2) is 15.8 Å². The Bertz CT molecular complexity index is 926. The molecule has 2 heterocycles. The van der Waals surface area contributed by atoms with Gasteiger partial charge in [-0.1, -0.05) is 17.7 Å². The molecule has 0 amide bonds. The zero-order valence-electron chi connectivity index (χ0n) is 16.8. The Balaban J connectivity index is 2.12. The van der Waals surface area contributed by atoms with Gasteiger partial charge in [-0.3, -0.25) is 14.3 Å². The van der Waals surface area contributed by atoms with E-state index in [0.717, 1.165) is 6.54 Å². The van der Waals surface area contributed by atoms with Crippen molar-refractivity contribution < 1.29 is 27.4 Å². The molecular formula is C18H22F3N3O5S2. The summed E-state index contributed by atoms with van der Waals surface area (Å²) in [5.74, 6) is 3.02. The zero-order chi connectivity index (χ0) is 23.2. The minimum absolute atomic E-state index is 0.0273. The van der Waals surface area contributed by atoms with Gasteiger partial charge >= 0.3 is 11.9 Å². The lowest BCUT2D eigenvalue weighted by Gasteiger charge is -2.19. The van der Waals surface area contributed by atoms with Crippen LogP contribution in [0.25, 0.3) is 0 Å². The summed E-state index contributed by atoms with van der Waals surface area (Å²) in [6, 6.07) is 0. The molecule has 1 fully saturated rings. The van der Waals surface area contributed by atoms with E-state index in [1.54, 1.807) is 4.98 Å². The molecule has 1 saturated heterocycles. The van der Waals surface area contributed by atoms with Gasteiger partial charge in [0.2, 0.25) is 4.38 Å². The van der Waals surface area contributed by atoms with Crippen LogP contribution in [0.1, 0.15) is 18.2 Å². The molecule has 1 N–H and O–H groups in total.